The number of anilines is 1. The summed E-state index contributed by atoms with van der Waals surface area (Å²) in [6, 6.07) is 0. The number of hydrogen-bond acceptors (Lipinski definition) is 4. The molecular weight excluding hydrogens is 214 g/mol. The van der Waals surface area contributed by atoms with Crippen LogP contribution in [-0.2, 0) is 11.2 Å². The second-order valence-corrected chi connectivity index (χ2v) is 5.02. The summed E-state index contributed by atoms with van der Waals surface area (Å²) in [5, 5.41) is 0. The molecule has 0 bridgehead atoms. The molecule has 2 heterocycles. The van der Waals surface area contributed by atoms with Gasteiger partial charge in [-0.2, -0.15) is 0 Å². The van der Waals surface area contributed by atoms with Gasteiger partial charge in [0.1, 0.15) is 11.6 Å². The molecule has 0 aromatic carbocycles. The van der Waals surface area contributed by atoms with E-state index < -0.39 is 0 Å². The average molecular weight is 235 g/mol. The topological polar surface area (TPSA) is 61.0 Å². The van der Waals surface area contributed by atoms with Crippen molar-refractivity contribution >= 4 is 5.82 Å². The van der Waals surface area contributed by atoms with E-state index in [1.54, 1.807) is 0 Å². The fourth-order valence-corrected chi connectivity index (χ4v) is 2.48. The first-order valence-electron chi connectivity index (χ1n) is 6.32. The molecule has 1 aliphatic heterocycles. The molecule has 0 aliphatic carbocycles. The van der Waals surface area contributed by atoms with Gasteiger partial charge in [-0.15, -0.1) is 0 Å². The Morgan fingerprint density at radius 2 is 2.18 bits per heavy atom. The second kappa shape index (κ2) is 5.00. The van der Waals surface area contributed by atoms with Gasteiger partial charge < -0.3 is 10.5 Å². The lowest BCUT2D eigenvalue weighted by Gasteiger charge is -2.14. The third kappa shape index (κ3) is 2.75. The van der Waals surface area contributed by atoms with E-state index in [1.165, 1.54) is 0 Å². The van der Waals surface area contributed by atoms with Crippen molar-refractivity contribution in [3.63, 3.8) is 0 Å². The number of ether oxygens (including phenoxy) is 1. The quantitative estimate of drug-likeness (QED) is 0.872. The van der Waals surface area contributed by atoms with E-state index in [9.17, 15) is 0 Å². The van der Waals surface area contributed by atoms with Crippen molar-refractivity contribution in [3.8, 4) is 0 Å². The summed E-state index contributed by atoms with van der Waals surface area (Å²) in [7, 11) is 0. The standard InChI is InChI=1S/C13H21N3O/c1-8(2)12-9(3)15-11(16-13(12)14)7-10-5-4-6-17-10/h8,10H,4-7H2,1-3H3,(H2,14,15,16). The predicted octanol–water partition coefficient (Wildman–Crippen LogP) is 2.21. The van der Waals surface area contributed by atoms with Crippen LogP contribution in [-0.4, -0.2) is 22.7 Å². The molecule has 0 radical (unpaired) electrons. The zero-order chi connectivity index (χ0) is 12.4. The first-order chi connectivity index (χ1) is 8.08. The van der Waals surface area contributed by atoms with Gasteiger partial charge in [0.2, 0.25) is 0 Å². The van der Waals surface area contributed by atoms with Gasteiger partial charge in [0.25, 0.3) is 0 Å². The molecule has 2 N–H and O–H groups in total. The fourth-order valence-electron chi connectivity index (χ4n) is 2.48. The van der Waals surface area contributed by atoms with E-state index in [0.717, 1.165) is 43.0 Å². The van der Waals surface area contributed by atoms with Crippen LogP contribution in [0.2, 0.25) is 0 Å². The van der Waals surface area contributed by atoms with Crippen LogP contribution in [0.25, 0.3) is 0 Å². The lowest BCUT2D eigenvalue weighted by molar-refractivity contribution is 0.110. The Bertz CT molecular complexity index is 375. The molecule has 1 aromatic rings. The summed E-state index contributed by atoms with van der Waals surface area (Å²) >= 11 is 0. The molecule has 0 saturated carbocycles. The van der Waals surface area contributed by atoms with E-state index >= 15 is 0 Å². The van der Waals surface area contributed by atoms with Crippen LogP contribution in [0, 0.1) is 6.92 Å². The van der Waals surface area contributed by atoms with Gasteiger partial charge in [0.15, 0.2) is 0 Å². The fraction of sp³-hybridized carbons (Fsp3) is 0.692. The van der Waals surface area contributed by atoms with Gasteiger partial charge in [-0.3, -0.25) is 0 Å². The summed E-state index contributed by atoms with van der Waals surface area (Å²) < 4.78 is 5.59. The normalized spacial score (nSPS) is 20.1. The summed E-state index contributed by atoms with van der Waals surface area (Å²) in [5.74, 6) is 1.81. The molecule has 1 saturated heterocycles. The average Bonchev–Trinajstić information content (AvgIpc) is 2.68. The monoisotopic (exact) mass is 235 g/mol. The zero-order valence-electron chi connectivity index (χ0n) is 10.9. The maximum atomic E-state index is 6.01. The van der Waals surface area contributed by atoms with Crippen molar-refractivity contribution in [2.24, 2.45) is 0 Å². The molecule has 4 heteroatoms. The van der Waals surface area contributed by atoms with Crippen molar-refractivity contribution in [1.29, 1.82) is 0 Å². The molecule has 1 fully saturated rings. The predicted molar refractivity (Wildman–Crippen MR) is 67.9 cm³/mol. The molecule has 2 rings (SSSR count). The van der Waals surface area contributed by atoms with Crippen LogP contribution in [0.5, 0.6) is 0 Å². The van der Waals surface area contributed by atoms with E-state index in [1.807, 2.05) is 6.92 Å². The number of nitrogens with two attached hydrogens (primary N) is 1. The zero-order valence-corrected chi connectivity index (χ0v) is 10.9. The van der Waals surface area contributed by atoms with E-state index in [2.05, 4.69) is 23.8 Å². The molecule has 0 amide bonds. The number of hydrogen-bond donors (Lipinski definition) is 1. The Morgan fingerprint density at radius 1 is 1.41 bits per heavy atom. The number of aryl methyl sites for hydroxylation is 1. The molecule has 1 aliphatic rings. The van der Waals surface area contributed by atoms with Crippen LogP contribution in [0.3, 0.4) is 0 Å². The molecule has 4 nitrogen and oxygen atoms in total. The van der Waals surface area contributed by atoms with Crippen molar-refractivity contribution in [2.45, 2.75) is 52.1 Å². The Labute approximate surface area is 103 Å². The Kier molecular flexibility index (Phi) is 3.62. The molecule has 17 heavy (non-hydrogen) atoms. The highest BCUT2D eigenvalue weighted by molar-refractivity contribution is 5.44. The van der Waals surface area contributed by atoms with Crippen molar-refractivity contribution in [1.82, 2.24) is 9.97 Å². The minimum Gasteiger partial charge on any atom is -0.383 e. The van der Waals surface area contributed by atoms with Crippen LogP contribution in [0.15, 0.2) is 0 Å². The molecule has 1 atom stereocenters. The lowest BCUT2D eigenvalue weighted by Crippen LogP contribution is -2.15. The molecule has 94 valence electrons. The van der Waals surface area contributed by atoms with Gasteiger partial charge >= 0.3 is 0 Å². The van der Waals surface area contributed by atoms with Crippen LogP contribution in [0.1, 0.15) is 49.7 Å². The third-order valence-corrected chi connectivity index (χ3v) is 3.22. The van der Waals surface area contributed by atoms with Crippen molar-refractivity contribution in [2.75, 3.05) is 12.3 Å². The Hall–Kier alpha value is -1.16. The highest BCUT2D eigenvalue weighted by Crippen LogP contribution is 2.24. The maximum absolute atomic E-state index is 6.01. The van der Waals surface area contributed by atoms with Crippen molar-refractivity contribution in [3.05, 3.63) is 17.1 Å². The molecule has 1 aromatic heterocycles. The van der Waals surface area contributed by atoms with E-state index in [4.69, 9.17) is 10.5 Å². The first-order valence-corrected chi connectivity index (χ1v) is 6.32. The number of aromatic nitrogens is 2. The van der Waals surface area contributed by atoms with Gasteiger partial charge in [0, 0.05) is 24.3 Å². The van der Waals surface area contributed by atoms with Gasteiger partial charge in [-0.25, -0.2) is 9.97 Å². The van der Waals surface area contributed by atoms with Crippen LogP contribution >= 0.6 is 0 Å². The minimum absolute atomic E-state index is 0.277. The Balaban J connectivity index is 2.19. The molecule has 0 spiro atoms. The second-order valence-electron chi connectivity index (χ2n) is 5.02. The van der Waals surface area contributed by atoms with Crippen molar-refractivity contribution < 1.29 is 4.74 Å². The Morgan fingerprint density at radius 3 is 2.71 bits per heavy atom. The largest absolute Gasteiger partial charge is 0.383 e. The highest BCUT2D eigenvalue weighted by atomic mass is 16.5. The third-order valence-electron chi connectivity index (χ3n) is 3.22. The van der Waals surface area contributed by atoms with Crippen LogP contribution in [0.4, 0.5) is 5.82 Å². The minimum atomic E-state index is 0.277. The number of rotatable bonds is 3. The van der Waals surface area contributed by atoms with Crippen LogP contribution < -0.4 is 5.73 Å². The number of nitrogens with zero attached hydrogens (tertiary/aromatic N) is 2. The van der Waals surface area contributed by atoms with Gasteiger partial charge in [-0.05, 0) is 25.7 Å². The summed E-state index contributed by atoms with van der Waals surface area (Å²) in [5.41, 5.74) is 8.08. The highest BCUT2D eigenvalue weighted by Gasteiger charge is 2.19. The molecule has 1 unspecified atom stereocenters. The number of nitrogen functional groups attached to an aromatic ring is 1. The van der Waals surface area contributed by atoms with E-state index in [0.29, 0.717) is 11.7 Å². The maximum Gasteiger partial charge on any atom is 0.133 e. The van der Waals surface area contributed by atoms with E-state index in [-0.39, 0.29) is 6.10 Å². The summed E-state index contributed by atoms with van der Waals surface area (Å²) in [4.78, 5) is 8.95. The smallest absolute Gasteiger partial charge is 0.133 e. The lowest BCUT2D eigenvalue weighted by atomic mass is 10.0. The molecular formula is C13H21N3O. The first kappa shape index (κ1) is 12.3. The summed E-state index contributed by atoms with van der Waals surface area (Å²) in [6.07, 6.45) is 3.31. The SMILES string of the molecule is Cc1nc(CC2CCCO2)nc(N)c1C(C)C. The summed E-state index contributed by atoms with van der Waals surface area (Å²) in [6.45, 7) is 7.10. The van der Waals surface area contributed by atoms with Gasteiger partial charge in [0.05, 0.1) is 6.10 Å². The van der Waals surface area contributed by atoms with Gasteiger partial charge in [-0.1, -0.05) is 13.8 Å².